The van der Waals surface area contributed by atoms with Crippen LogP contribution < -0.4 is 10.6 Å². The maximum atomic E-state index is 12.5. The van der Waals surface area contributed by atoms with Crippen LogP contribution in [-0.2, 0) is 7.05 Å². The number of aromatic nitrogens is 5. The van der Waals surface area contributed by atoms with E-state index < -0.39 is 0 Å². The third kappa shape index (κ3) is 3.51. The van der Waals surface area contributed by atoms with Crippen LogP contribution in [0.3, 0.4) is 0 Å². The molecule has 23 heavy (non-hydrogen) atoms. The van der Waals surface area contributed by atoms with Crippen molar-refractivity contribution in [3.05, 3.63) is 41.1 Å². The van der Waals surface area contributed by atoms with Crippen molar-refractivity contribution >= 4 is 33.9 Å². The summed E-state index contributed by atoms with van der Waals surface area (Å²) in [4.78, 5) is 24.9. The van der Waals surface area contributed by atoms with Crippen molar-refractivity contribution in [2.75, 3.05) is 10.6 Å². The molecule has 0 atom stereocenters. The molecule has 0 fully saturated rings. The van der Waals surface area contributed by atoms with Gasteiger partial charge in [-0.2, -0.15) is 5.10 Å². The van der Waals surface area contributed by atoms with E-state index in [0.29, 0.717) is 28.2 Å². The Morgan fingerprint density at radius 2 is 2.04 bits per heavy atom. The number of hydrogen-bond donors (Lipinski definition) is 2. The molecule has 0 aliphatic rings. The molecule has 1 amide bonds. The summed E-state index contributed by atoms with van der Waals surface area (Å²) in [5, 5.41) is 11.5. The minimum absolute atomic E-state index is 0.314. The average Bonchev–Trinajstić information content (AvgIpc) is 3.05. The minimum atomic E-state index is -0.328. The fourth-order valence-electron chi connectivity index (χ4n) is 1.97. The van der Waals surface area contributed by atoms with Crippen molar-refractivity contribution in [1.82, 2.24) is 24.7 Å². The van der Waals surface area contributed by atoms with E-state index in [1.807, 2.05) is 26.2 Å². The van der Waals surface area contributed by atoms with Gasteiger partial charge in [0, 0.05) is 25.5 Å². The van der Waals surface area contributed by atoms with Crippen molar-refractivity contribution in [3.8, 4) is 0 Å². The van der Waals surface area contributed by atoms with Crippen LogP contribution >= 0.6 is 11.3 Å². The van der Waals surface area contributed by atoms with Crippen LogP contribution in [0.2, 0.25) is 0 Å². The molecule has 3 aromatic rings. The molecule has 0 aliphatic carbocycles. The molecule has 0 unspecified atom stereocenters. The summed E-state index contributed by atoms with van der Waals surface area (Å²) in [5.41, 5.74) is 0.314. The largest absolute Gasteiger partial charge is 0.328 e. The van der Waals surface area contributed by atoms with E-state index >= 15 is 0 Å². The Kier molecular flexibility index (Phi) is 4.02. The highest BCUT2D eigenvalue weighted by Gasteiger charge is 2.18. The normalized spacial score (nSPS) is 10.6. The SMILES string of the molecule is Cc1nccc(NC(=O)c2nc(C)sc2Nc2ccn(C)n2)n1. The number of aryl methyl sites for hydroxylation is 3. The summed E-state index contributed by atoms with van der Waals surface area (Å²) in [7, 11) is 1.83. The molecule has 3 rings (SSSR count). The zero-order valence-corrected chi connectivity index (χ0v) is 13.7. The molecule has 0 spiro atoms. The summed E-state index contributed by atoms with van der Waals surface area (Å²) < 4.78 is 1.68. The first-order chi connectivity index (χ1) is 11.0. The molecule has 3 aromatic heterocycles. The number of rotatable bonds is 4. The van der Waals surface area contributed by atoms with E-state index in [9.17, 15) is 4.79 Å². The standard InChI is InChI=1S/C14H15N7OS/c1-8-15-6-4-10(16-8)18-13(22)12-14(23-9(2)17-12)19-11-5-7-21(3)20-11/h4-7H,1-3H3,(H,19,20)(H,15,16,18,22). The maximum Gasteiger partial charge on any atom is 0.278 e. The summed E-state index contributed by atoms with van der Waals surface area (Å²) in [6.45, 7) is 3.61. The van der Waals surface area contributed by atoms with E-state index in [2.05, 4.69) is 30.7 Å². The molecule has 0 aliphatic heterocycles. The van der Waals surface area contributed by atoms with E-state index in [4.69, 9.17) is 0 Å². The Morgan fingerprint density at radius 3 is 2.74 bits per heavy atom. The lowest BCUT2D eigenvalue weighted by Crippen LogP contribution is -2.15. The summed E-state index contributed by atoms with van der Waals surface area (Å²) in [5.74, 6) is 1.36. The smallest absolute Gasteiger partial charge is 0.278 e. The summed E-state index contributed by atoms with van der Waals surface area (Å²) >= 11 is 1.40. The van der Waals surface area contributed by atoms with Gasteiger partial charge in [-0.1, -0.05) is 0 Å². The Morgan fingerprint density at radius 1 is 1.22 bits per heavy atom. The predicted molar refractivity (Wildman–Crippen MR) is 88.1 cm³/mol. The number of thiazole rings is 1. The highest BCUT2D eigenvalue weighted by Crippen LogP contribution is 2.27. The fraction of sp³-hybridized carbons (Fsp3) is 0.214. The highest BCUT2D eigenvalue weighted by molar-refractivity contribution is 7.16. The van der Waals surface area contributed by atoms with Gasteiger partial charge in [-0.05, 0) is 19.9 Å². The van der Waals surface area contributed by atoms with E-state index in [1.165, 1.54) is 11.3 Å². The molecule has 0 saturated heterocycles. The van der Waals surface area contributed by atoms with Crippen LogP contribution in [0.4, 0.5) is 16.6 Å². The lowest BCUT2D eigenvalue weighted by Gasteiger charge is -2.05. The monoisotopic (exact) mass is 329 g/mol. The quantitative estimate of drug-likeness (QED) is 0.762. The van der Waals surface area contributed by atoms with Gasteiger partial charge < -0.3 is 10.6 Å². The molecule has 8 nitrogen and oxygen atoms in total. The molecule has 3 heterocycles. The van der Waals surface area contributed by atoms with Gasteiger partial charge >= 0.3 is 0 Å². The molecule has 2 N–H and O–H groups in total. The van der Waals surface area contributed by atoms with E-state index in [1.54, 1.807) is 23.9 Å². The van der Waals surface area contributed by atoms with Crippen LogP contribution in [0.15, 0.2) is 24.5 Å². The second-order valence-electron chi connectivity index (χ2n) is 4.85. The third-order valence-corrected chi connectivity index (χ3v) is 3.81. The van der Waals surface area contributed by atoms with Crippen molar-refractivity contribution < 1.29 is 4.79 Å². The number of carbonyl (C=O) groups excluding carboxylic acids is 1. The average molecular weight is 329 g/mol. The number of nitrogens with zero attached hydrogens (tertiary/aromatic N) is 5. The van der Waals surface area contributed by atoms with Crippen LogP contribution in [0.5, 0.6) is 0 Å². The fourth-order valence-corrected chi connectivity index (χ4v) is 2.79. The minimum Gasteiger partial charge on any atom is -0.328 e. The number of amides is 1. The molecular weight excluding hydrogens is 314 g/mol. The Hall–Kier alpha value is -2.81. The van der Waals surface area contributed by atoms with Gasteiger partial charge in [0.15, 0.2) is 11.5 Å². The van der Waals surface area contributed by atoms with Gasteiger partial charge in [-0.3, -0.25) is 9.48 Å². The Bertz CT molecular complexity index is 854. The number of nitrogens with one attached hydrogen (secondary N) is 2. The first kappa shape index (κ1) is 15.1. The van der Waals surface area contributed by atoms with Crippen molar-refractivity contribution in [2.24, 2.45) is 7.05 Å². The lowest BCUT2D eigenvalue weighted by molar-refractivity contribution is 0.102. The Labute approximate surface area is 136 Å². The molecule has 0 saturated carbocycles. The maximum absolute atomic E-state index is 12.5. The molecule has 0 radical (unpaired) electrons. The second kappa shape index (κ2) is 6.13. The van der Waals surface area contributed by atoms with Crippen LogP contribution in [-0.4, -0.2) is 30.6 Å². The molecule has 0 bridgehead atoms. The number of carbonyl (C=O) groups is 1. The van der Waals surface area contributed by atoms with Crippen molar-refractivity contribution in [2.45, 2.75) is 13.8 Å². The van der Waals surface area contributed by atoms with Gasteiger partial charge in [0.2, 0.25) is 0 Å². The lowest BCUT2D eigenvalue weighted by atomic mass is 10.4. The van der Waals surface area contributed by atoms with Gasteiger partial charge in [0.1, 0.15) is 16.6 Å². The van der Waals surface area contributed by atoms with E-state index in [-0.39, 0.29) is 5.91 Å². The zero-order valence-electron chi connectivity index (χ0n) is 12.9. The Balaban J connectivity index is 1.83. The molecule has 9 heteroatoms. The molecule has 118 valence electrons. The molecular formula is C14H15N7OS. The van der Waals surface area contributed by atoms with Gasteiger partial charge in [-0.25, -0.2) is 15.0 Å². The first-order valence-electron chi connectivity index (χ1n) is 6.86. The summed E-state index contributed by atoms with van der Waals surface area (Å²) in [6, 6.07) is 3.46. The van der Waals surface area contributed by atoms with Gasteiger partial charge in [0.25, 0.3) is 5.91 Å². The number of anilines is 3. The number of hydrogen-bond acceptors (Lipinski definition) is 7. The second-order valence-corrected chi connectivity index (χ2v) is 6.06. The van der Waals surface area contributed by atoms with Gasteiger partial charge in [-0.15, -0.1) is 11.3 Å². The van der Waals surface area contributed by atoms with E-state index in [0.717, 1.165) is 5.01 Å². The summed E-state index contributed by atoms with van der Waals surface area (Å²) in [6.07, 6.45) is 3.41. The molecule has 0 aromatic carbocycles. The zero-order chi connectivity index (χ0) is 16.4. The van der Waals surface area contributed by atoms with Crippen molar-refractivity contribution in [3.63, 3.8) is 0 Å². The van der Waals surface area contributed by atoms with Crippen molar-refractivity contribution in [1.29, 1.82) is 0 Å². The predicted octanol–water partition coefficient (Wildman–Crippen LogP) is 2.28. The highest BCUT2D eigenvalue weighted by atomic mass is 32.1. The van der Waals surface area contributed by atoms with Crippen LogP contribution in [0, 0.1) is 13.8 Å². The third-order valence-electron chi connectivity index (χ3n) is 2.92. The van der Waals surface area contributed by atoms with Gasteiger partial charge in [0.05, 0.1) is 5.01 Å². The van der Waals surface area contributed by atoms with Crippen LogP contribution in [0.25, 0.3) is 0 Å². The first-order valence-corrected chi connectivity index (χ1v) is 7.68. The van der Waals surface area contributed by atoms with Crippen LogP contribution in [0.1, 0.15) is 21.3 Å². The topological polar surface area (TPSA) is 97.6 Å².